The lowest BCUT2D eigenvalue weighted by atomic mass is 10.5. The maximum atomic E-state index is 10.7. The van der Waals surface area contributed by atoms with Gasteiger partial charge in [0, 0.05) is 7.11 Å². The van der Waals surface area contributed by atoms with Gasteiger partial charge in [-0.15, -0.1) is 11.3 Å². The normalized spacial score (nSPS) is 10.1. The van der Waals surface area contributed by atoms with Crippen LogP contribution in [0.5, 0.6) is 5.88 Å². The van der Waals surface area contributed by atoms with Gasteiger partial charge in [0.15, 0.2) is 4.88 Å². The van der Waals surface area contributed by atoms with E-state index in [0.29, 0.717) is 18.2 Å². The second-order valence-electron chi connectivity index (χ2n) is 2.51. The molecular formula is C8H11NO4S. The summed E-state index contributed by atoms with van der Waals surface area (Å²) in [7, 11) is 1.55. The Hall–Kier alpha value is -1.14. The maximum Gasteiger partial charge on any atom is 0.351 e. The molecule has 0 bridgehead atoms. The Labute approximate surface area is 85.3 Å². The van der Waals surface area contributed by atoms with Gasteiger partial charge in [0.25, 0.3) is 0 Å². The van der Waals surface area contributed by atoms with E-state index in [1.54, 1.807) is 14.0 Å². The van der Waals surface area contributed by atoms with E-state index >= 15 is 0 Å². The first-order chi connectivity index (χ1) is 6.65. The summed E-state index contributed by atoms with van der Waals surface area (Å²) in [6.45, 7) is 2.45. The molecule has 1 rings (SSSR count). The average molecular weight is 217 g/mol. The van der Waals surface area contributed by atoms with E-state index in [0.717, 1.165) is 11.3 Å². The van der Waals surface area contributed by atoms with Crippen molar-refractivity contribution in [1.82, 2.24) is 4.98 Å². The van der Waals surface area contributed by atoms with Gasteiger partial charge < -0.3 is 14.6 Å². The minimum atomic E-state index is -1.01. The quantitative estimate of drug-likeness (QED) is 0.750. The number of rotatable bonds is 5. The highest BCUT2D eigenvalue weighted by molar-refractivity contribution is 7.13. The molecule has 0 aliphatic heterocycles. The first-order valence-electron chi connectivity index (χ1n) is 3.97. The number of carbonyl (C=O) groups is 1. The number of aromatic carboxylic acids is 1. The molecule has 14 heavy (non-hydrogen) atoms. The molecule has 1 aromatic heterocycles. The van der Waals surface area contributed by atoms with Gasteiger partial charge in [0.2, 0.25) is 5.88 Å². The number of aryl methyl sites for hydroxylation is 1. The topological polar surface area (TPSA) is 68.7 Å². The molecule has 0 unspecified atom stereocenters. The molecule has 0 aromatic carbocycles. The van der Waals surface area contributed by atoms with Gasteiger partial charge in [0.1, 0.15) is 6.61 Å². The first kappa shape index (κ1) is 10.9. The van der Waals surface area contributed by atoms with Crippen LogP contribution in [0.25, 0.3) is 0 Å². The van der Waals surface area contributed by atoms with Gasteiger partial charge in [-0.05, 0) is 6.92 Å². The second kappa shape index (κ2) is 4.92. The molecule has 0 spiro atoms. The van der Waals surface area contributed by atoms with Crippen LogP contribution < -0.4 is 4.74 Å². The first-order valence-corrected chi connectivity index (χ1v) is 4.79. The lowest BCUT2D eigenvalue weighted by Crippen LogP contribution is -2.07. The number of hydrogen-bond acceptors (Lipinski definition) is 5. The fourth-order valence-electron chi connectivity index (χ4n) is 0.863. The number of carboxylic acid groups (broad SMARTS) is 1. The SMILES string of the molecule is COCCOc1nc(C)sc1C(=O)O. The lowest BCUT2D eigenvalue weighted by Gasteiger charge is -2.01. The van der Waals surface area contributed by atoms with E-state index in [1.807, 2.05) is 0 Å². The van der Waals surface area contributed by atoms with Crippen LogP contribution in [0.2, 0.25) is 0 Å². The molecule has 0 aliphatic rings. The third-order valence-electron chi connectivity index (χ3n) is 1.42. The standard InChI is InChI=1S/C8H11NO4S/c1-5-9-7(13-4-3-12-2)6(14-5)8(10)11/h3-4H2,1-2H3,(H,10,11). The van der Waals surface area contributed by atoms with Crippen LogP contribution in [0.3, 0.4) is 0 Å². The van der Waals surface area contributed by atoms with E-state index in [9.17, 15) is 4.79 Å². The molecule has 6 heteroatoms. The minimum Gasteiger partial charge on any atom is -0.477 e. The van der Waals surface area contributed by atoms with Crippen LogP contribution in [0.1, 0.15) is 14.7 Å². The van der Waals surface area contributed by atoms with E-state index in [2.05, 4.69) is 4.98 Å². The van der Waals surface area contributed by atoms with Crippen LogP contribution in [-0.2, 0) is 4.74 Å². The molecule has 0 amide bonds. The summed E-state index contributed by atoms with van der Waals surface area (Å²) in [5.41, 5.74) is 0. The highest BCUT2D eigenvalue weighted by Crippen LogP contribution is 2.24. The van der Waals surface area contributed by atoms with E-state index in [4.69, 9.17) is 14.6 Å². The van der Waals surface area contributed by atoms with Crippen molar-refractivity contribution in [3.8, 4) is 5.88 Å². The Bertz CT molecular complexity index is 323. The molecule has 1 aromatic rings. The molecule has 0 saturated carbocycles. The summed E-state index contributed by atoms with van der Waals surface area (Å²) in [5, 5.41) is 9.47. The minimum absolute atomic E-state index is 0.138. The van der Waals surface area contributed by atoms with E-state index in [1.165, 1.54) is 0 Å². The van der Waals surface area contributed by atoms with Crippen LogP contribution in [0.15, 0.2) is 0 Å². The predicted molar refractivity (Wildman–Crippen MR) is 51.2 cm³/mol. The van der Waals surface area contributed by atoms with E-state index < -0.39 is 5.97 Å². The third-order valence-corrected chi connectivity index (χ3v) is 2.36. The Morgan fingerprint density at radius 3 is 2.86 bits per heavy atom. The number of methoxy groups -OCH3 is 1. The smallest absolute Gasteiger partial charge is 0.351 e. The predicted octanol–water partition coefficient (Wildman–Crippen LogP) is 1.17. The Morgan fingerprint density at radius 1 is 1.57 bits per heavy atom. The van der Waals surface area contributed by atoms with Crippen LogP contribution in [0.4, 0.5) is 0 Å². The highest BCUT2D eigenvalue weighted by atomic mass is 32.1. The average Bonchev–Trinajstić information content (AvgIpc) is 2.47. The summed E-state index contributed by atoms with van der Waals surface area (Å²) in [6.07, 6.45) is 0. The molecule has 0 atom stereocenters. The molecule has 1 N–H and O–H groups in total. The molecule has 0 radical (unpaired) electrons. The number of ether oxygens (including phenoxy) is 2. The number of thiazole rings is 1. The summed E-state index contributed by atoms with van der Waals surface area (Å²) >= 11 is 1.10. The van der Waals surface area contributed by atoms with Crippen molar-refractivity contribution in [2.75, 3.05) is 20.3 Å². The van der Waals surface area contributed by atoms with Gasteiger partial charge in [-0.25, -0.2) is 9.78 Å². The second-order valence-corrected chi connectivity index (χ2v) is 3.72. The van der Waals surface area contributed by atoms with Crippen LogP contribution in [0, 0.1) is 6.92 Å². The van der Waals surface area contributed by atoms with Gasteiger partial charge >= 0.3 is 5.97 Å². The zero-order chi connectivity index (χ0) is 10.6. The van der Waals surface area contributed by atoms with Crippen molar-refractivity contribution >= 4 is 17.3 Å². The van der Waals surface area contributed by atoms with Gasteiger partial charge in [-0.2, -0.15) is 0 Å². The van der Waals surface area contributed by atoms with E-state index in [-0.39, 0.29) is 10.8 Å². The summed E-state index contributed by atoms with van der Waals surface area (Å²) < 4.78 is 9.93. The van der Waals surface area contributed by atoms with Gasteiger partial charge in [0.05, 0.1) is 11.6 Å². The van der Waals surface area contributed by atoms with Crippen LogP contribution >= 0.6 is 11.3 Å². The number of aromatic nitrogens is 1. The third kappa shape index (κ3) is 2.68. The zero-order valence-electron chi connectivity index (χ0n) is 7.94. The van der Waals surface area contributed by atoms with Crippen LogP contribution in [-0.4, -0.2) is 36.4 Å². The molecule has 5 nitrogen and oxygen atoms in total. The van der Waals surface area contributed by atoms with Gasteiger partial charge in [-0.3, -0.25) is 0 Å². The number of carboxylic acids is 1. The summed E-state index contributed by atoms with van der Waals surface area (Å²) in [4.78, 5) is 14.8. The van der Waals surface area contributed by atoms with Crippen molar-refractivity contribution in [3.63, 3.8) is 0 Å². The molecule has 0 saturated heterocycles. The van der Waals surface area contributed by atoms with Crippen molar-refractivity contribution in [3.05, 3.63) is 9.88 Å². The molecular weight excluding hydrogens is 206 g/mol. The fraction of sp³-hybridized carbons (Fsp3) is 0.500. The zero-order valence-corrected chi connectivity index (χ0v) is 8.76. The largest absolute Gasteiger partial charge is 0.477 e. The summed E-state index contributed by atoms with van der Waals surface area (Å²) in [5.74, 6) is -0.833. The van der Waals surface area contributed by atoms with Crippen molar-refractivity contribution in [2.24, 2.45) is 0 Å². The van der Waals surface area contributed by atoms with Crippen molar-refractivity contribution in [1.29, 1.82) is 0 Å². The number of nitrogens with zero attached hydrogens (tertiary/aromatic N) is 1. The van der Waals surface area contributed by atoms with Gasteiger partial charge in [-0.1, -0.05) is 0 Å². The molecule has 0 fully saturated rings. The Morgan fingerprint density at radius 2 is 2.29 bits per heavy atom. The maximum absolute atomic E-state index is 10.7. The summed E-state index contributed by atoms with van der Waals surface area (Å²) in [6, 6.07) is 0. The highest BCUT2D eigenvalue weighted by Gasteiger charge is 2.16. The monoisotopic (exact) mass is 217 g/mol. The van der Waals surface area contributed by atoms with Crippen molar-refractivity contribution < 1.29 is 19.4 Å². The fourth-order valence-corrected chi connectivity index (χ4v) is 1.57. The molecule has 1 heterocycles. The number of hydrogen-bond donors (Lipinski definition) is 1. The molecule has 0 aliphatic carbocycles. The Balaban J connectivity index is 2.69. The molecule has 78 valence electrons. The Kier molecular flexibility index (Phi) is 3.84. The lowest BCUT2D eigenvalue weighted by molar-refractivity contribution is 0.0694. The van der Waals surface area contributed by atoms with Crippen molar-refractivity contribution in [2.45, 2.75) is 6.92 Å².